The molecular formula is C20H22FN3O4. The van der Waals surface area contributed by atoms with Crippen LogP contribution in [-0.2, 0) is 9.53 Å². The molecule has 0 aliphatic rings. The molecule has 8 heteroatoms. The molecule has 0 heterocycles. The summed E-state index contributed by atoms with van der Waals surface area (Å²) in [6.07, 6.45) is 0. The predicted octanol–water partition coefficient (Wildman–Crippen LogP) is 2.59. The lowest BCUT2D eigenvalue weighted by atomic mass is 10.1. The van der Waals surface area contributed by atoms with Crippen molar-refractivity contribution in [3.8, 4) is 0 Å². The van der Waals surface area contributed by atoms with E-state index in [9.17, 15) is 18.8 Å². The Bertz CT molecular complexity index is 884. The van der Waals surface area contributed by atoms with Gasteiger partial charge in [-0.3, -0.25) is 9.59 Å². The summed E-state index contributed by atoms with van der Waals surface area (Å²) in [6.45, 7) is 3.85. The second-order valence-corrected chi connectivity index (χ2v) is 6.51. The van der Waals surface area contributed by atoms with Crippen molar-refractivity contribution in [2.45, 2.75) is 13.8 Å². The normalized spacial score (nSPS) is 10.4. The maximum Gasteiger partial charge on any atom is 0.340 e. The molecule has 7 nitrogen and oxygen atoms in total. The van der Waals surface area contributed by atoms with Crippen molar-refractivity contribution in [2.24, 2.45) is 5.92 Å². The molecule has 28 heavy (non-hydrogen) atoms. The van der Waals surface area contributed by atoms with Gasteiger partial charge in [0.25, 0.3) is 11.8 Å². The van der Waals surface area contributed by atoms with E-state index in [1.165, 1.54) is 6.07 Å². The number of nitrogen functional groups attached to an aromatic ring is 1. The van der Waals surface area contributed by atoms with Gasteiger partial charge in [-0.2, -0.15) is 0 Å². The second kappa shape index (κ2) is 9.50. The Hall–Kier alpha value is -3.42. The molecule has 0 bridgehead atoms. The number of anilines is 2. The van der Waals surface area contributed by atoms with Crippen LogP contribution < -0.4 is 16.4 Å². The second-order valence-electron chi connectivity index (χ2n) is 6.51. The standard InChI is InChI=1S/C20H22FN3O4/c1-12(2)10-23-19(26)15-5-3-4-6-17(15)24-18(25)11-28-20(27)14-8-7-13(21)9-16(14)22/h3-9,12H,10-11,22H2,1-2H3,(H,23,26)(H,24,25). The first-order valence-corrected chi connectivity index (χ1v) is 8.67. The summed E-state index contributed by atoms with van der Waals surface area (Å²) in [7, 11) is 0. The third kappa shape index (κ3) is 5.80. The number of ether oxygens (including phenoxy) is 1. The van der Waals surface area contributed by atoms with Crippen LogP contribution in [-0.4, -0.2) is 30.9 Å². The first kappa shape index (κ1) is 20.9. The van der Waals surface area contributed by atoms with Gasteiger partial charge in [-0.25, -0.2) is 9.18 Å². The smallest absolute Gasteiger partial charge is 0.340 e. The van der Waals surface area contributed by atoms with Gasteiger partial charge in [0.1, 0.15) is 5.82 Å². The summed E-state index contributed by atoms with van der Waals surface area (Å²) in [5.41, 5.74) is 6.04. The zero-order valence-corrected chi connectivity index (χ0v) is 15.6. The van der Waals surface area contributed by atoms with E-state index in [1.807, 2.05) is 13.8 Å². The van der Waals surface area contributed by atoms with Crippen molar-refractivity contribution in [1.82, 2.24) is 5.32 Å². The van der Waals surface area contributed by atoms with E-state index in [2.05, 4.69) is 10.6 Å². The highest BCUT2D eigenvalue weighted by molar-refractivity contribution is 6.04. The molecule has 148 valence electrons. The van der Waals surface area contributed by atoms with Gasteiger partial charge in [0.15, 0.2) is 6.61 Å². The molecule has 0 fully saturated rings. The van der Waals surface area contributed by atoms with E-state index < -0.39 is 24.3 Å². The molecule has 0 saturated carbocycles. The summed E-state index contributed by atoms with van der Waals surface area (Å²) >= 11 is 0. The maximum absolute atomic E-state index is 13.0. The highest BCUT2D eigenvalue weighted by atomic mass is 19.1. The summed E-state index contributed by atoms with van der Waals surface area (Å²) in [6, 6.07) is 9.73. The molecule has 0 aliphatic carbocycles. The minimum atomic E-state index is -0.851. The average Bonchev–Trinajstić information content (AvgIpc) is 2.64. The lowest BCUT2D eigenvalue weighted by Gasteiger charge is -2.13. The Kier molecular flexibility index (Phi) is 7.08. The van der Waals surface area contributed by atoms with Crippen LogP contribution in [0.3, 0.4) is 0 Å². The maximum atomic E-state index is 13.0. The summed E-state index contributed by atoms with van der Waals surface area (Å²) in [4.78, 5) is 36.4. The van der Waals surface area contributed by atoms with Crippen molar-refractivity contribution in [1.29, 1.82) is 0 Å². The van der Waals surface area contributed by atoms with E-state index in [0.29, 0.717) is 17.8 Å². The van der Waals surface area contributed by atoms with Crippen LogP contribution in [0.25, 0.3) is 0 Å². The fraction of sp³-hybridized carbons (Fsp3) is 0.250. The number of para-hydroxylation sites is 1. The number of carbonyl (C=O) groups excluding carboxylic acids is 3. The molecule has 4 N–H and O–H groups in total. The largest absolute Gasteiger partial charge is 0.452 e. The van der Waals surface area contributed by atoms with Crippen LogP contribution in [0.5, 0.6) is 0 Å². The van der Waals surface area contributed by atoms with Gasteiger partial charge >= 0.3 is 5.97 Å². The number of hydrogen-bond donors (Lipinski definition) is 3. The molecule has 0 spiro atoms. The summed E-state index contributed by atoms with van der Waals surface area (Å²) < 4.78 is 17.9. The number of carbonyl (C=O) groups is 3. The minimum Gasteiger partial charge on any atom is -0.452 e. The van der Waals surface area contributed by atoms with Crippen LogP contribution in [0.15, 0.2) is 42.5 Å². The monoisotopic (exact) mass is 387 g/mol. The van der Waals surface area contributed by atoms with E-state index in [-0.39, 0.29) is 23.1 Å². The molecule has 0 atom stereocenters. The van der Waals surface area contributed by atoms with E-state index in [4.69, 9.17) is 10.5 Å². The third-order valence-electron chi connectivity index (χ3n) is 3.68. The first-order chi connectivity index (χ1) is 13.3. The molecule has 0 unspecified atom stereocenters. The van der Waals surface area contributed by atoms with Crippen LogP contribution in [0.2, 0.25) is 0 Å². The highest BCUT2D eigenvalue weighted by Gasteiger charge is 2.16. The molecule has 0 radical (unpaired) electrons. The van der Waals surface area contributed by atoms with Gasteiger partial charge in [0.2, 0.25) is 0 Å². The molecule has 0 aliphatic heterocycles. The van der Waals surface area contributed by atoms with Crippen molar-refractivity contribution >= 4 is 29.2 Å². The molecule has 2 amide bonds. The Morgan fingerprint density at radius 3 is 2.50 bits per heavy atom. The number of nitrogens with two attached hydrogens (primary N) is 1. The Morgan fingerprint density at radius 2 is 1.82 bits per heavy atom. The predicted molar refractivity (Wildman–Crippen MR) is 103 cm³/mol. The van der Waals surface area contributed by atoms with E-state index >= 15 is 0 Å². The zero-order chi connectivity index (χ0) is 20.7. The number of rotatable bonds is 7. The van der Waals surface area contributed by atoms with Gasteiger partial charge in [-0.15, -0.1) is 0 Å². The van der Waals surface area contributed by atoms with E-state index in [1.54, 1.807) is 24.3 Å². The van der Waals surface area contributed by atoms with Gasteiger partial charge in [-0.1, -0.05) is 26.0 Å². The topological polar surface area (TPSA) is 111 Å². The Labute approximate surface area is 162 Å². The Morgan fingerprint density at radius 1 is 1.11 bits per heavy atom. The zero-order valence-electron chi connectivity index (χ0n) is 15.6. The summed E-state index contributed by atoms with van der Waals surface area (Å²) in [5.74, 6) is -2.10. The SMILES string of the molecule is CC(C)CNC(=O)c1ccccc1NC(=O)COC(=O)c1ccc(F)cc1N. The first-order valence-electron chi connectivity index (χ1n) is 8.67. The fourth-order valence-electron chi connectivity index (χ4n) is 2.30. The van der Waals surface area contributed by atoms with Crippen LogP contribution in [0.4, 0.5) is 15.8 Å². The van der Waals surface area contributed by atoms with Crippen LogP contribution in [0, 0.1) is 11.7 Å². The number of hydrogen-bond acceptors (Lipinski definition) is 5. The molecular weight excluding hydrogens is 365 g/mol. The minimum absolute atomic E-state index is 0.0392. The van der Waals surface area contributed by atoms with Crippen molar-refractivity contribution < 1.29 is 23.5 Å². The van der Waals surface area contributed by atoms with Gasteiger partial charge < -0.3 is 21.1 Å². The molecule has 2 aromatic rings. The number of benzene rings is 2. The number of halogens is 1. The Balaban J connectivity index is 1.98. The number of esters is 1. The van der Waals surface area contributed by atoms with E-state index in [0.717, 1.165) is 12.1 Å². The molecule has 0 saturated heterocycles. The van der Waals surface area contributed by atoms with Crippen molar-refractivity contribution in [2.75, 3.05) is 24.2 Å². The lowest BCUT2D eigenvalue weighted by Crippen LogP contribution is -2.29. The van der Waals surface area contributed by atoms with Gasteiger partial charge in [0.05, 0.1) is 16.8 Å². The quantitative estimate of drug-likeness (QED) is 0.500. The van der Waals surface area contributed by atoms with Crippen LogP contribution in [0.1, 0.15) is 34.6 Å². The highest BCUT2D eigenvalue weighted by Crippen LogP contribution is 2.16. The molecule has 0 aromatic heterocycles. The van der Waals surface area contributed by atoms with Crippen LogP contribution >= 0.6 is 0 Å². The van der Waals surface area contributed by atoms with Gasteiger partial charge in [0, 0.05) is 12.2 Å². The molecule has 2 rings (SSSR count). The lowest BCUT2D eigenvalue weighted by molar-refractivity contribution is -0.119. The van der Waals surface area contributed by atoms with Crippen molar-refractivity contribution in [3.05, 3.63) is 59.4 Å². The van der Waals surface area contributed by atoms with Crippen molar-refractivity contribution in [3.63, 3.8) is 0 Å². The average molecular weight is 387 g/mol. The fourth-order valence-corrected chi connectivity index (χ4v) is 2.30. The third-order valence-corrected chi connectivity index (χ3v) is 3.68. The number of amides is 2. The summed E-state index contributed by atoms with van der Waals surface area (Å²) in [5, 5.41) is 5.32. The van der Waals surface area contributed by atoms with Gasteiger partial charge in [-0.05, 0) is 36.2 Å². The number of nitrogens with one attached hydrogen (secondary N) is 2. The molecule has 2 aromatic carbocycles.